The minimum atomic E-state index is -0.786. The van der Waals surface area contributed by atoms with Crippen LogP contribution in [-0.2, 0) is 9.59 Å². The molecule has 2 amide bonds. The summed E-state index contributed by atoms with van der Waals surface area (Å²) in [5.41, 5.74) is 6.36. The number of carbonyl (C=O) groups is 2. The predicted octanol–water partition coefficient (Wildman–Crippen LogP) is 1.20. The Kier molecular flexibility index (Phi) is 4.63. The first-order chi connectivity index (χ1) is 9.93. The molecule has 0 bridgehead atoms. The molecule has 21 heavy (non-hydrogen) atoms. The number of nitrogens with zero attached hydrogens (tertiary/aromatic N) is 1. The molecular formula is C16H23N3O2. The van der Waals surface area contributed by atoms with Crippen molar-refractivity contribution in [2.75, 3.05) is 13.1 Å². The molecule has 0 unspecified atom stereocenters. The van der Waals surface area contributed by atoms with E-state index in [9.17, 15) is 9.59 Å². The van der Waals surface area contributed by atoms with Gasteiger partial charge in [-0.25, -0.2) is 0 Å². The summed E-state index contributed by atoms with van der Waals surface area (Å²) >= 11 is 0. The van der Waals surface area contributed by atoms with E-state index in [4.69, 9.17) is 5.73 Å². The molecule has 0 saturated carbocycles. The Morgan fingerprint density at radius 2 is 2.05 bits per heavy atom. The molecule has 1 aromatic carbocycles. The standard InChI is InChI=1S/C16H23N3O2/c1-16(2)15(21)18-10-11-19(16)14(20)9-8-13(17)12-6-4-3-5-7-12/h3-7,13H,8-11,17H2,1-2H3,(H,18,21)/t13-/m1/s1. The fourth-order valence-corrected chi connectivity index (χ4v) is 2.62. The quantitative estimate of drug-likeness (QED) is 0.874. The third kappa shape index (κ3) is 3.42. The summed E-state index contributed by atoms with van der Waals surface area (Å²) < 4.78 is 0. The Balaban J connectivity index is 1.94. The zero-order valence-corrected chi connectivity index (χ0v) is 12.6. The van der Waals surface area contributed by atoms with Gasteiger partial charge in [-0.2, -0.15) is 0 Å². The van der Waals surface area contributed by atoms with Crippen LogP contribution in [0, 0.1) is 0 Å². The Morgan fingerprint density at radius 3 is 2.71 bits per heavy atom. The van der Waals surface area contributed by atoms with E-state index in [0.717, 1.165) is 5.56 Å². The first-order valence-electron chi connectivity index (χ1n) is 7.32. The summed E-state index contributed by atoms with van der Waals surface area (Å²) in [5.74, 6) is -0.115. The second kappa shape index (κ2) is 6.26. The number of amides is 2. The maximum absolute atomic E-state index is 12.4. The minimum absolute atomic E-state index is 0.0127. The van der Waals surface area contributed by atoms with Gasteiger partial charge in [-0.05, 0) is 25.8 Å². The van der Waals surface area contributed by atoms with Crippen molar-refractivity contribution in [3.63, 3.8) is 0 Å². The molecule has 1 heterocycles. The molecule has 3 N–H and O–H groups in total. The summed E-state index contributed by atoms with van der Waals surface area (Å²) in [6.45, 7) is 4.62. The average Bonchev–Trinajstić information content (AvgIpc) is 2.48. The topological polar surface area (TPSA) is 75.4 Å². The molecule has 2 rings (SSSR count). The van der Waals surface area contributed by atoms with Crippen LogP contribution in [0.25, 0.3) is 0 Å². The lowest BCUT2D eigenvalue weighted by molar-refractivity contribution is -0.149. The maximum atomic E-state index is 12.4. The Labute approximate surface area is 125 Å². The van der Waals surface area contributed by atoms with E-state index in [2.05, 4.69) is 5.32 Å². The number of rotatable bonds is 4. The molecule has 0 radical (unpaired) electrons. The van der Waals surface area contributed by atoms with Crippen molar-refractivity contribution in [1.29, 1.82) is 0 Å². The van der Waals surface area contributed by atoms with E-state index >= 15 is 0 Å². The number of benzene rings is 1. The highest BCUT2D eigenvalue weighted by Gasteiger charge is 2.40. The predicted molar refractivity (Wildman–Crippen MR) is 81.4 cm³/mol. The van der Waals surface area contributed by atoms with E-state index in [1.54, 1.807) is 18.7 Å². The van der Waals surface area contributed by atoms with Gasteiger partial charge in [0, 0.05) is 25.6 Å². The van der Waals surface area contributed by atoms with Gasteiger partial charge in [-0.3, -0.25) is 9.59 Å². The normalized spacial score (nSPS) is 19.0. The Bertz CT molecular complexity index is 514. The summed E-state index contributed by atoms with van der Waals surface area (Å²) in [5, 5.41) is 2.79. The van der Waals surface area contributed by atoms with Gasteiger partial charge in [0.25, 0.3) is 0 Å². The van der Waals surface area contributed by atoms with Crippen LogP contribution in [0.2, 0.25) is 0 Å². The smallest absolute Gasteiger partial charge is 0.245 e. The van der Waals surface area contributed by atoms with Gasteiger partial charge in [0.2, 0.25) is 11.8 Å². The van der Waals surface area contributed by atoms with Crippen LogP contribution >= 0.6 is 0 Å². The van der Waals surface area contributed by atoms with E-state index in [1.807, 2.05) is 30.3 Å². The highest BCUT2D eigenvalue weighted by molar-refractivity contribution is 5.91. The Hall–Kier alpha value is -1.88. The molecule has 0 spiro atoms. The highest BCUT2D eigenvalue weighted by Crippen LogP contribution is 2.21. The van der Waals surface area contributed by atoms with Crippen LogP contribution in [0.5, 0.6) is 0 Å². The molecule has 5 nitrogen and oxygen atoms in total. The van der Waals surface area contributed by atoms with Gasteiger partial charge in [-0.15, -0.1) is 0 Å². The van der Waals surface area contributed by atoms with Crippen molar-refractivity contribution in [3.8, 4) is 0 Å². The van der Waals surface area contributed by atoms with Crippen LogP contribution in [-0.4, -0.2) is 35.3 Å². The highest BCUT2D eigenvalue weighted by atomic mass is 16.2. The average molecular weight is 289 g/mol. The fourth-order valence-electron chi connectivity index (χ4n) is 2.62. The molecule has 0 aliphatic carbocycles. The summed E-state index contributed by atoms with van der Waals surface area (Å²) in [7, 11) is 0. The van der Waals surface area contributed by atoms with Crippen molar-refractivity contribution in [2.24, 2.45) is 5.73 Å². The molecule has 1 saturated heterocycles. The van der Waals surface area contributed by atoms with Gasteiger partial charge in [-0.1, -0.05) is 30.3 Å². The minimum Gasteiger partial charge on any atom is -0.352 e. The van der Waals surface area contributed by atoms with E-state index in [0.29, 0.717) is 25.9 Å². The molecule has 1 aromatic rings. The number of hydrogen-bond acceptors (Lipinski definition) is 3. The van der Waals surface area contributed by atoms with Gasteiger partial charge >= 0.3 is 0 Å². The molecular weight excluding hydrogens is 266 g/mol. The number of hydrogen-bond donors (Lipinski definition) is 2. The lowest BCUT2D eigenvalue weighted by atomic mass is 9.97. The van der Waals surface area contributed by atoms with Crippen LogP contribution in [0.1, 0.15) is 38.3 Å². The third-order valence-corrected chi connectivity index (χ3v) is 4.05. The van der Waals surface area contributed by atoms with E-state index in [-0.39, 0.29) is 17.9 Å². The van der Waals surface area contributed by atoms with Crippen molar-refractivity contribution in [3.05, 3.63) is 35.9 Å². The maximum Gasteiger partial charge on any atom is 0.245 e. The number of nitrogens with one attached hydrogen (secondary N) is 1. The lowest BCUT2D eigenvalue weighted by Gasteiger charge is -2.41. The van der Waals surface area contributed by atoms with Crippen LogP contribution in [0.4, 0.5) is 0 Å². The van der Waals surface area contributed by atoms with E-state index in [1.165, 1.54) is 0 Å². The first kappa shape index (κ1) is 15.5. The second-order valence-electron chi connectivity index (χ2n) is 5.92. The zero-order chi connectivity index (χ0) is 15.5. The first-order valence-corrected chi connectivity index (χ1v) is 7.32. The molecule has 0 aromatic heterocycles. The van der Waals surface area contributed by atoms with Gasteiger partial charge in [0.15, 0.2) is 0 Å². The lowest BCUT2D eigenvalue weighted by Crippen LogP contribution is -2.63. The molecule has 114 valence electrons. The second-order valence-corrected chi connectivity index (χ2v) is 5.92. The van der Waals surface area contributed by atoms with E-state index < -0.39 is 5.54 Å². The molecule has 5 heteroatoms. The number of nitrogens with two attached hydrogens (primary N) is 1. The van der Waals surface area contributed by atoms with Crippen molar-refractivity contribution >= 4 is 11.8 Å². The van der Waals surface area contributed by atoms with Crippen LogP contribution in [0.15, 0.2) is 30.3 Å². The van der Waals surface area contributed by atoms with Crippen molar-refractivity contribution in [2.45, 2.75) is 38.3 Å². The summed E-state index contributed by atoms with van der Waals surface area (Å²) in [6.07, 6.45) is 0.934. The zero-order valence-electron chi connectivity index (χ0n) is 12.6. The Morgan fingerprint density at radius 1 is 1.38 bits per heavy atom. The number of carbonyl (C=O) groups excluding carboxylic acids is 2. The van der Waals surface area contributed by atoms with Crippen LogP contribution < -0.4 is 11.1 Å². The van der Waals surface area contributed by atoms with Gasteiger partial charge in [0.05, 0.1) is 0 Å². The molecule has 1 aliphatic heterocycles. The molecule has 1 aliphatic rings. The molecule has 1 atom stereocenters. The van der Waals surface area contributed by atoms with Crippen molar-refractivity contribution < 1.29 is 9.59 Å². The van der Waals surface area contributed by atoms with Crippen molar-refractivity contribution in [1.82, 2.24) is 10.2 Å². The number of piperazine rings is 1. The fraction of sp³-hybridized carbons (Fsp3) is 0.500. The van der Waals surface area contributed by atoms with Gasteiger partial charge in [0.1, 0.15) is 5.54 Å². The van der Waals surface area contributed by atoms with Crippen LogP contribution in [0.3, 0.4) is 0 Å². The monoisotopic (exact) mass is 289 g/mol. The SMILES string of the molecule is CC1(C)C(=O)NCCN1C(=O)CC[C@@H](N)c1ccccc1. The summed E-state index contributed by atoms with van der Waals surface area (Å²) in [4.78, 5) is 25.9. The summed E-state index contributed by atoms with van der Waals surface area (Å²) in [6, 6.07) is 9.60. The molecule has 1 fully saturated rings. The third-order valence-electron chi connectivity index (χ3n) is 4.05. The largest absolute Gasteiger partial charge is 0.352 e. The van der Waals surface area contributed by atoms with Gasteiger partial charge < -0.3 is 16.0 Å².